The molecule has 2 heteroatoms. The Balaban J connectivity index is 1.13. The summed E-state index contributed by atoms with van der Waals surface area (Å²) in [5.41, 5.74) is 11.9. The highest BCUT2D eigenvalue weighted by atomic mass is 15.1. The van der Waals surface area contributed by atoms with E-state index < -0.39 is 0 Å². The number of hydrogen-bond donors (Lipinski definition) is 0. The second kappa shape index (κ2) is 11.8. The molecule has 226 valence electrons. The molecular formula is C46H32N2. The molecule has 0 aliphatic rings. The zero-order valence-electron chi connectivity index (χ0n) is 26.4. The van der Waals surface area contributed by atoms with Crippen molar-refractivity contribution in [3.8, 4) is 27.9 Å². The standard InChI is InChI=1S/C46H32N2/c1-3-15-36(16-4-1)47(37-17-5-2-6-18-37)38-29-25-33(26-30-38)40-21-11-13-35-14-12-22-41(46(35)40)34-27-31-39(32-28-34)48-44-23-9-7-19-42(44)43-20-8-10-24-45(43)48/h1-32H. The van der Waals surface area contributed by atoms with E-state index in [1.807, 2.05) is 0 Å². The van der Waals surface area contributed by atoms with Gasteiger partial charge in [-0.15, -0.1) is 0 Å². The molecule has 9 aromatic rings. The molecule has 8 aromatic carbocycles. The minimum absolute atomic E-state index is 1.12. The summed E-state index contributed by atoms with van der Waals surface area (Å²) in [5.74, 6) is 0. The molecular weight excluding hydrogens is 581 g/mol. The van der Waals surface area contributed by atoms with Gasteiger partial charge in [0.1, 0.15) is 0 Å². The monoisotopic (exact) mass is 612 g/mol. The Morgan fingerprint density at radius 1 is 0.333 bits per heavy atom. The molecule has 1 heterocycles. The third kappa shape index (κ3) is 4.74. The largest absolute Gasteiger partial charge is 0.311 e. The van der Waals surface area contributed by atoms with Crippen LogP contribution in [0.2, 0.25) is 0 Å². The van der Waals surface area contributed by atoms with E-state index in [1.165, 1.54) is 54.8 Å². The van der Waals surface area contributed by atoms with Crippen molar-refractivity contribution in [3.05, 3.63) is 194 Å². The highest BCUT2D eigenvalue weighted by Gasteiger charge is 2.15. The van der Waals surface area contributed by atoms with Crippen molar-refractivity contribution in [2.24, 2.45) is 0 Å². The Morgan fingerprint density at radius 3 is 1.29 bits per heavy atom. The van der Waals surface area contributed by atoms with Crippen LogP contribution in [0, 0.1) is 0 Å². The minimum atomic E-state index is 1.12. The molecule has 9 rings (SSSR count). The predicted molar refractivity (Wildman–Crippen MR) is 204 cm³/mol. The molecule has 2 nitrogen and oxygen atoms in total. The van der Waals surface area contributed by atoms with Crippen molar-refractivity contribution in [1.29, 1.82) is 0 Å². The average molecular weight is 613 g/mol. The van der Waals surface area contributed by atoms with E-state index in [1.54, 1.807) is 0 Å². The number of hydrogen-bond acceptors (Lipinski definition) is 1. The van der Waals surface area contributed by atoms with Crippen LogP contribution in [0.1, 0.15) is 0 Å². The lowest BCUT2D eigenvalue weighted by molar-refractivity contribution is 1.18. The van der Waals surface area contributed by atoms with E-state index in [4.69, 9.17) is 0 Å². The number of benzene rings is 8. The molecule has 48 heavy (non-hydrogen) atoms. The van der Waals surface area contributed by atoms with Crippen LogP contribution < -0.4 is 4.90 Å². The number of rotatable bonds is 6. The topological polar surface area (TPSA) is 8.17 Å². The van der Waals surface area contributed by atoms with Crippen LogP contribution in [0.3, 0.4) is 0 Å². The van der Waals surface area contributed by atoms with E-state index in [0.29, 0.717) is 0 Å². The predicted octanol–water partition coefficient (Wildman–Crippen LogP) is 12.7. The first-order chi connectivity index (χ1) is 23.8. The number of para-hydroxylation sites is 4. The molecule has 0 aliphatic heterocycles. The number of fused-ring (bicyclic) bond motifs is 4. The molecule has 0 bridgehead atoms. The number of nitrogens with zero attached hydrogens (tertiary/aromatic N) is 2. The normalized spacial score (nSPS) is 11.3. The smallest absolute Gasteiger partial charge is 0.0541 e. The summed E-state index contributed by atoms with van der Waals surface area (Å²) in [4.78, 5) is 2.30. The van der Waals surface area contributed by atoms with E-state index >= 15 is 0 Å². The first-order valence-electron chi connectivity index (χ1n) is 16.4. The SMILES string of the molecule is c1ccc(N(c2ccccc2)c2ccc(-c3cccc4cccc(-c5ccc(-n6c7ccccc7c7ccccc76)cc5)c34)cc2)cc1. The lowest BCUT2D eigenvalue weighted by atomic mass is 9.91. The number of anilines is 3. The van der Waals surface area contributed by atoms with Crippen LogP contribution >= 0.6 is 0 Å². The second-order valence-corrected chi connectivity index (χ2v) is 12.2. The molecule has 0 saturated heterocycles. The minimum Gasteiger partial charge on any atom is -0.311 e. The fourth-order valence-electron chi connectivity index (χ4n) is 7.20. The van der Waals surface area contributed by atoms with Gasteiger partial charge in [-0.1, -0.05) is 133 Å². The highest BCUT2D eigenvalue weighted by Crippen LogP contribution is 2.40. The molecule has 0 N–H and O–H groups in total. The van der Waals surface area contributed by atoms with Crippen molar-refractivity contribution in [2.75, 3.05) is 4.90 Å². The van der Waals surface area contributed by atoms with Gasteiger partial charge >= 0.3 is 0 Å². The van der Waals surface area contributed by atoms with Crippen LogP contribution in [0.25, 0.3) is 60.5 Å². The summed E-state index contributed by atoms with van der Waals surface area (Å²) in [5, 5.41) is 5.05. The summed E-state index contributed by atoms with van der Waals surface area (Å²) in [6.45, 7) is 0. The van der Waals surface area contributed by atoms with Crippen LogP contribution in [-0.4, -0.2) is 4.57 Å². The highest BCUT2D eigenvalue weighted by molar-refractivity contribution is 6.09. The Bertz CT molecular complexity index is 2430. The maximum absolute atomic E-state index is 2.37. The van der Waals surface area contributed by atoms with Gasteiger partial charge in [0.2, 0.25) is 0 Å². The van der Waals surface area contributed by atoms with Crippen molar-refractivity contribution in [1.82, 2.24) is 4.57 Å². The van der Waals surface area contributed by atoms with Crippen LogP contribution in [0.5, 0.6) is 0 Å². The fourth-order valence-corrected chi connectivity index (χ4v) is 7.20. The lowest BCUT2D eigenvalue weighted by Gasteiger charge is -2.25. The summed E-state index contributed by atoms with van der Waals surface area (Å²) in [6, 6.07) is 69.8. The molecule has 1 aromatic heterocycles. The van der Waals surface area contributed by atoms with E-state index in [-0.39, 0.29) is 0 Å². The van der Waals surface area contributed by atoms with Gasteiger partial charge in [-0.05, 0) is 93.7 Å². The van der Waals surface area contributed by atoms with Gasteiger partial charge in [0.15, 0.2) is 0 Å². The summed E-state index contributed by atoms with van der Waals surface area (Å²) < 4.78 is 2.37. The van der Waals surface area contributed by atoms with Gasteiger partial charge in [0.25, 0.3) is 0 Å². The van der Waals surface area contributed by atoms with Crippen molar-refractivity contribution < 1.29 is 0 Å². The van der Waals surface area contributed by atoms with Crippen molar-refractivity contribution in [2.45, 2.75) is 0 Å². The molecule has 0 saturated carbocycles. The van der Waals surface area contributed by atoms with Gasteiger partial charge in [0, 0.05) is 33.5 Å². The summed E-state index contributed by atoms with van der Waals surface area (Å²) >= 11 is 0. The quantitative estimate of drug-likeness (QED) is 0.181. The van der Waals surface area contributed by atoms with Gasteiger partial charge in [-0.25, -0.2) is 0 Å². The second-order valence-electron chi connectivity index (χ2n) is 12.2. The molecule has 0 amide bonds. The third-order valence-corrected chi connectivity index (χ3v) is 9.39. The van der Waals surface area contributed by atoms with Crippen LogP contribution in [-0.2, 0) is 0 Å². The maximum atomic E-state index is 2.37. The van der Waals surface area contributed by atoms with Crippen molar-refractivity contribution >= 4 is 49.6 Å². The van der Waals surface area contributed by atoms with Gasteiger partial charge in [0.05, 0.1) is 11.0 Å². The van der Waals surface area contributed by atoms with Crippen molar-refractivity contribution in [3.63, 3.8) is 0 Å². The maximum Gasteiger partial charge on any atom is 0.0541 e. The van der Waals surface area contributed by atoms with E-state index in [0.717, 1.165) is 22.7 Å². The molecule has 0 radical (unpaired) electrons. The molecule has 0 atom stereocenters. The van der Waals surface area contributed by atoms with Crippen LogP contribution in [0.4, 0.5) is 17.1 Å². The zero-order chi connectivity index (χ0) is 31.9. The van der Waals surface area contributed by atoms with Gasteiger partial charge < -0.3 is 9.47 Å². The summed E-state index contributed by atoms with van der Waals surface area (Å²) in [6.07, 6.45) is 0. The first-order valence-corrected chi connectivity index (χ1v) is 16.4. The zero-order valence-corrected chi connectivity index (χ0v) is 26.4. The number of aromatic nitrogens is 1. The van der Waals surface area contributed by atoms with Gasteiger partial charge in [-0.2, -0.15) is 0 Å². The Labute approximate surface area is 280 Å². The molecule has 0 spiro atoms. The van der Waals surface area contributed by atoms with Crippen LogP contribution in [0.15, 0.2) is 194 Å². The Hall–Kier alpha value is -6.38. The fraction of sp³-hybridized carbons (Fsp3) is 0. The molecule has 0 unspecified atom stereocenters. The Morgan fingerprint density at radius 2 is 0.771 bits per heavy atom. The van der Waals surface area contributed by atoms with E-state index in [9.17, 15) is 0 Å². The summed E-state index contributed by atoms with van der Waals surface area (Å²) in [7, 11) is 0. The lowest BCUT2D eigenvalue weighted by Crippen LogP contribution is -2.09. The Kier molecular flexibility index (Phi) is 6.84. The first kappa shape index (κ1) is 27.9. The van der Waals surface area contributed by atoms with Gasteiger partial charge in [-0.3, -0.25) is 0 Å². The van der Waals surface area contributed by atoms with E-state index in [2.05, 4.69) is 204 Å². The average Bonchev–Trinajstić information content (AvgIpc) is 3.50. The molecule has 0 aliphatic carbocycles. The third-order valence-electron chi connectivity index (χ3n) is 9.39. The molecule has 0 fully saturated rings.